The summed E-state index contributed by atoms with van der Waals surface area (Å²) < 4.78 is 13.4. The summed E-state index contributed by atoms with van der Waals surface area (Å²) >= 11 is 0. The third kappa shape index (κ3) is 12.8. The van der Waals surface area contributed by atoms with Crippen molar-refractivity contribution in [3.8, 4) is 0 Å². The van der Waals surface area contributed by atoms with Crippen molar-refractivity contribution >= 4 is 19.9 Å². The van der Waals surface area contributed by atoms with Crippen molar-refractivity contribution in [1.82, 2.24) is 4.90 Å². The number of hydrogen-bond donors (Lipinski definition) is 3. The highest BCUT2D eigenvalue weighted by Crippen LogP contribution is 2.35. The number of hydrogen-bond acceptors (Lipinski definition) is 3. The van der Waals surface area contributed by atoms with E-state index >= 15 is 0 Å². The van der Waals surface area contributed by atoms with Crippen molar-refractivity contribution in [2.75, 3.05) is 13.6 Å². The van der Waals surface area contributed by atoms with Gasteiger partial charge in [0.25, 0.3) is 0 Å². The van der Waals surface area contributed by atoms with E-state index in [9.17, 15) is 4.57 Å². The van der Waals surface area contributed by atoms with Crippen LogP contribution in [0.1, 0.15) is 13.3 Å². The Balaban J connectivity index is 0. The Hall–Kier alpha value is -1.20. The fourth-order valence-electron chi connectivity index (χ4n) is 0.660. The van der Waals surface area contributed by atoms with Crippen LogP contribution in [0.4, 0.5) is 0 Å². The lowest BCUT2D eigenvalue weighted by Crippen LogP contribution is -2.34. The van der Waals surface area contributed by atoms with Crippen LogP contribution in [0.25, 0.3) is 0 Å². The van der Waals surface area contributed by atoms with Gasteiger partial charge in [-0.1, -0.05) is 6.92 Å². The lowest BCUT2D eigenvalue weighted by molar-refractivity contribution is -0.191. The van der Waals surface area contributed by atoms with Crippen molar-refractivity contribution in [1.29, 1.82) is 0 Å². The van der Waals surface area contributed by atoms with Crippen LogP contribution in [0, 0.1) is 0 Å². The first kappa shape index (κ1) is 16.2. The van der Waals surface area contributed by atoms with Crippen molar-refractivity contribution in [2.45, 2.75) is 13.3 Å². The molecule has 0 heterocycles. The molecule has 0 aliphatic heterocycles. The number of carbonyl (C=O) groups excluding carboxylic acids is 2. The molecular formula is C6H14N3O5P. The number of nitrogens with two attached hydrogens (primary N) is 1. The summed E-state index contributed by atoms with van der Waals surface area (Å²) in [4.78, 5) is 34.6. The Morgan fingerprint density at radius 2 is 1.93 bits per heavy atom. The fourth-order valence-corrected chi connectivity index (χ4v) is 1.08. The highest BCUT2D eigenvalue weighted by molar-refractivity contribution is 7.50. The second kappa shape index (κ2) is 8.14. The first-order valence-corrected chi connectivity index (χ1v) is 5.46. The lowest BCUT2D eigenvalue weighted by atomic mass is 10.4. The minimum atomic E-state index is -4.38. The van der Waals surface area contributed by atoms with Gasteiger partial charge in [-0.25, -0.2) is 4.57 Å². The van der Waals surface area contributed by atoms with E-state index in [1.165, 1.54) is 4.90 Å². The highest BCUT2D eigenvalue weighted by Gasteiger charge is 2.12. The average Bonchev–Trinajstić information content (AvgIpc) is 2.02. The summed E-state index contributed by atoms with van der Waals surface area (Å²) in [6, 6.07) is 0. The molecule has 0 rings (SSSR count). The van der Waals surface area contributed by atoms with E-state index in [0.717, 1.165) is 6.42 Å². The zero-order valence-corrected chi connectivity index (χ0v) is 9.35. The van der Waals surface area contributed by atoms with Gasteiger partial charge in [0.2, 0.25) is 5.96 Å². The molecule has 0 aromatic heterocycles. The van der Waals surface area contributed by atoms with E-state index < -0.39 is 7.75 Å². The van der Waals surface area contributed by atoms with Gasteiger partial charge >= 0.3 is 13.9 Å². The van der Waals surface area contributed by atoms with Crippen LogP contribution in [0.3, 0.4) is 0 Å². The average molecular weight is 239 g/mol. The van der Waals surface area contributed by atoms with Crippen LogP contribution in [-0.4, -0.2) is 40.4 Å². The minimum absolute atomic E-state index is 0.134. The normalized spacial score (nSPS) is 11.1. The van der Waals surface area contributed by atoms with Gasteiger partial charge in [0.05, 0.1) is 0 Å². The molecule has 0 aliphatic carbocycles. The molecule has 0 radical (unpaired) electrons. The molecule has 15 heavy (non-hydrogen) atoms. The van der Waals surface area contributed by atoms with Gasteiger partial charge in [-0.3, -0.25) is 0 Å². The molecule has 88 valence electrons. The quantitative estimate of drug-likeness (QED) is 0.332. The van der Waals surface area contributed by atoms with Crippen LogP contribution in [0.5, 0.6) is 0 Å². The molecule has 0 aromatic rings. The van der Waals surface area contributed by atoms with Gasteiger partial charge < -0.3 is 20.4 Å². The maximum Gasteiger partial charge on any atom is 0.451 e. The summed E-state index contributed by atoms with van der Waals surface area (Å²) in [5.41, 5.74) is 5.27. The standard InChI is InChI=1S/C5H14N3O3P.CO2/c1-3-4-8(2)5(6)7-12(9,10)11;2-1-3/h3-4H2,1-2H3,(H4,6,7,9,10,11);. The SMILES string of the molecule is CCCN(C)C(N)=NP(=O)(O)O.O=C=O. The van der Waals surface area contributed by atoms with Gasteiger partial charge in [-0.05, 0) is 6.42 Å². The summed E-state index contributed by atoms with van der Waals surface area (Å²) in [7, 11) is -2.76. The van der Waals surface area contributed by atoms with Crippen LogP contribution in [-0.2, 0) is 14.2 Å². The Kier molecular flexibility index (Phi) is 8.81. The molecule has 0 aliphatic rings. The van der Waals surface area contributed by atoms with E-state index in [2.05, 4.69) is 4.76 Å². The van der Waals surface area contributed by atoms with E-state index in [4.69, 9.17) is 25.1 Å². The topological polar surface area (TPSA) is 133 Å². The highest BCUT2D eigenvalue weighted by atomic mass is 31.2. The summed E-state index contributed by atoms with van der Waals surface area (Å²) in [5, 5.41) is 0. The zero-order chi connectivity index (χ0) is 12.5. The second-order valence-electron chi connectivity index (χ2n) is 2.48. The molecule has 0 fully saturated rings. The third-order valence-electron chi connectivity index (χ3n) is 1.18. The van der Waals surface area contributed by atoms with E-state index in [1.54, 1.807) is 7.05 Å². The predicted octanol–water partition coefficient (Wildman–Crippen LogP) is -0.848. The molecule has 8 nitrogen and oxygen atoms in total. The molecule has 4 N–H and O–H groups in total. The number of rotatable bonds is 3. The van der Waals surface area contributed by atoms with Crippen molar-refractivity contribution in [3.63, 3.8) is 0 Å². The van der Waals surface area contributed by atoms with Crippen LogP contribution in [0.2, 0.25) is 0 Å². The monoisotopic (exact) mass is 239 g/mol. The van der Waals surface area contributed by atoms with E-state index in [0.29, 0.717) is 6.54 Å². The number of nitrogens with zero attached hydrogens (tertiary/aromatic N) is 2. The maximum absolute atomic E-state index is 10.4. The van der Waals surface area contributed by atoms with Gasteiger partial charge in [-0.15, -0.1) is 4.76 Å². The molecule has 0 atom stereocenters. The lowest BCUT2D eigenvalue weighted by Gasteiger charge is -2.16. The van der Waals surface area contributed by atoms with E-state index in [1.807, 2.05) is 6.92 Å². The Morgan fingerprint density at radius 1 is 1.53 bits per heavy atom. The molecular weight excluding hydrogens is 225 g/mol. The smallest absolute Gasteiger partial charge is 0.369 e. The maximum atomic E-state index is 10.4. The zero-order valence-electron chi connectivity index (χ0n) is 8.45. The van der Waals surface area contributed by atoms with Gasteiger partial charge in [0, 0.05) is 13.6 Å². The molecule has 0 saturated heterocycles. The first-order chi connectivity index (χ1) is 6.78. The second-order valence-corrected chi connectivity index (χ2v) is 3.70. The molecule has 0 unspecified atom stereocenters. The van der Waals surface area contributed by atoms with Crippen molar-refractivity contribution in [2.24, 2.45) is 10.5 Å². The first-order valence-electron chi connectivity index (χ1n) is 3.90. The Bertz CT molecular complexity index is 280. The molecule has 0 bridgehead atoms. The van der Waals surface area contributed by atoms with Crippen LogP contribution < -0.4 is 5.73 Å². The van der Waals surface area contributed by atoms with Crippen molar-refractivity contribution in [3.05, 3.63) is 0 Å². The van der Waals surface area contributed by atoms with Gasteiger partial charge in [-0.2, -0.15) is 9.59 Å². The molecule has 0 saturated carbocycles. The fraction of sp³-hybridized carbons (Fsp3) is 0.667. The molecule has 0 amide bonds. The Morgan fingerprint density at radius 3 is 2.20 bits per heavy atom. The van der Waals surface area contributed by atoms with Gasteiger partial charge in [0.15, 0.2) is 0 Å². The predicted molar refractivity (Wildman–Crippen MR) is 51.6 cm³/mol. The molecule has 0 aromatic carbocycles. The minimum Gasteiger partial charge on any atom is -0.369 e. The van der Waals surface area contributed by atoms with Crippen LogP contribution >= 0.6 is 7.75 Å². The molecule has 0 spiro atoms. The summed E-state index contributed by atoms with van der Waals surface area (Å²) in [6.07, 6.45) is 1.09. The van der Waals surface area contributed by atoms with Crippen molar-refractivity contribution < 1.29 is 23.9 Å². The summed E-state index contributed by atoms with van der Waals surface area (Å²) in [5.74, 6) is -0.134. The third-order valence-corrected chi connectivity index (χ3v) is 1.65. The Labute approximate surface area is 87.0 Å². The van der Waals surface area contributed by atoms with Gasteiger partial charge in [0.1, 0.15) is 0 Å². The number of guanidine groups is 1. The largest absolute Gasteiger partial charge is 0.451 e. The van der Waals surface area contributed by atoms with Crippen LogP contribution in [0.15, 0.2) is 4.76 Å². The van der Waals surface area contributed by atoms with E-state index in [-0.39, 0.29) is 12.1 Å². The summed E-state index contributed by atoms with van der Waals surface area (Å²) in [6.45, 7) is 2.55. The molecule has 9 heteroatoms.